The Hall–Kier alpha value is -1.35. The molecule has 0 atom stereocenters. The molecule has 0 spiro atoms. The van der Waals surface area contributed by atoms with Gasteiger partial charge in [0.25, 0.3) is 0 Å². The van der Waals surface area contributed by atoms with E-state index in [0.717, 1.165) is 18.4 Å². The summed E-state index contributed by atoms with van der Waals surface area (Å²) in [4.78, 5) is 11.2. The van der Waals surface area contributed by atoms with E-state index in [0.29, 0.717) is 5.02 Å². The number of amides is 1. The fourth-order valence-electron chi connectivity index (χ4n) is 1.19. The lowest BCUT2D eigenvalue weighted by atomic mass is 10.2. The fourth-order valence-corrected chi connectivity index (χ4v) is 1.39. The summed E-state index contributed by atoms with van der Waals surface area (Å²) in [6, 6.07) is 7.29. The summed E-state index contributed by atoms with van der Waals surface area (Å²) in [5, 5.41) is 4.52. The first-order valence-corrected chi connectivity index (χ1v) is 5.22. The number of carbonyl (C=O) groups excluding carboxylic acids is 1. The minimum Gasteiger partial charge on any atom is -0.273 e. The van der Waals surface area contributed by atoms with Crippen LogP contribution in [0.3, 0.4) is 0 Å². The lowest BCUT2D eigenvalue weighted by Gasteiger charge is -1.96. The van der Waals surface area contributed by atoms with Crippen molar-refractivity contribution in [1.82, 2.24) is 5.43 Å². The minimum atomic E-state index is 0.00766. The molecule has 0 radical (unpaired) electrons. The molecule has 0 bridgehead atoms. The molecule has 1 aliphatic carbocycles. The second kappa shape index (κ2) is 4.45. The van der Waals surface area contributed by atoms with Gasteiger partial charge in [0.15, 0.2) is 0 Å². The SMILES string of the molecule is O=C(NN=Cc1cccc(Cl)c1)C1CC1. The van der Waals surface area contributed by atoms with Crippen molar-refractivity contribution in [2.75, 3.05) is 0 Å². The molecule has 1 amide bonds. The monoisotopic (exact) mass is 222 g/mol. The summed E-state index contributed by atoms with van der Waals surface area (Å²) >= 11 is 5.80. The van der Waals surface area contributed by atoms with E-state index < -0.39 is 0 Å². The van der Waals surface area contributed by atoms with E-state index in [9.17, 15) is 4.79 Å². The molecule has 1 fully saturated rings. The van der Waals surface area contributed by atoms with Gasteiger partial charge in [-0.3, -0.25) is 4.79 Å². The number of hydrogen-bond acceptors (Lipinski definition) is 2. The molecule has 3 nitrogen and oxygen atoms in total. The Kier molecular flexibility index (Phi) is 3.02. The van der Waals surface area contributed by atoms with E-state index in [1.165, 1.54) is 0 Å². The molecule has 78 valence electrons. The maximum absolute atomic E-state index is 11.2. The van der Waals surface area contributed by atoms with Crippen molar-refractivity contribution in [2.24, 2.45) is 11.0 Å². The highest BCUT2D eigenvalue weighted by Crippen LogP contribution is 2.28. The van der Waals surface area contributed by atoms with Gasteiger partial charge >= 0.3 is 0 Å². The van der Waals surface area contributed by atoms with Crippen LogP contribution >= 0.6 is 11.6 Å². The van der Waals surface area contributed by atoms with Crippen LogP contribution < -0.4 is 5.43 Å². The molecule has 2 rings (SSSR count). The van der Waals surface area contributed by atoms with Crippen LogP contribution in [0, 0.1) is 5.92 Å². The molecule has 15 heavy (non-hydrogen) atoms. The lowest BCUT2D eigenvalue weighted by Crippen LogP contribution is -2.18. The van der Waals surface area contributed by atoms with Gasteiger partial charge < -0.3 is 0 Å². The van der Waals surface area contributed by atoms with Gasteiger partial charge in [0.05, 0.1) is 6.21 Å². The van der Waals surface area contributed by atoms with E-state index in [4.69, 9.17) is 11.6 Å². The number of benzene rings is 1. The van der Waals surface area contributed by atoms with E-state index in [1.807, 2.05) is 12.1 Å². The molecule has 1 saturated carbocycles. The zero-order chi connectivity index (χ0) is 10.7. The standard InChI is InChI=1S/C11H11ClN2O/c12-10-3-1-2-8(6-10)7-13-14-11(15)9-4-5-9/h1-3,6-7,9H,4-5H2,(H,14,15). The van der Waals surface area contributed by atoms with Gasteiger partial charge in [0.1, 0.15) is 0 Å². The average Bonchev–Trinajstić information content (AvgIpc) is 3.00. The molecular weight excluding hydrogens is 212 g/mol. The van der Waals surface area contributed by atoms with Crippen LogP contribution in [0.1, 0.15) is 18.4 Å². The van der Waals surface area contributed by atoms with Crippen molar-refractivity contribution in [3.63, 3.8) is 0 Å². The number of hydrogen-bond donors (Lipinski definition) is 1. The molecule has 1 aliphatic rings. The summed E-state index contributed by atoms with van der Waals surface area (Å²) < 4.78 is 0. The van der Waals surface area contributed by atoms with Crippen LogP contribution in [0.4, 0.5) is 0 Å². The van der Waals surface area contributed by atoms with Gasteiger partial charge in [-0.1, -0.05) is 23.7 Å². The number of nitrogens with one attached hydrogen (secondary N) is 1. The van der Waals surface area contributed by atoms with Crippen LogP contribution in [0.2, 0.25) is 5.02 Å². The third-order valence-electron chi connectivity index (χ3n) is 2.19. The Balaban J connectivity index is 1.90. The molecule has 1 aromatic rings. The molecule has 0 unspecified atom stereocenters. The van der Waals surface area contributed by atoms with Crippen LogP contribution in [0.15, 0.2) is 29.4 Å². The molecule has 1 N–H and O–H groups in total. The summed E-state index contributed by atoms with van der Waals surface area (Å²) in [7, 11) is 0. The van der Waals surface area contributed by atoms with Gasteiger partial charge in [-0.25, -0.2) is 5.43 Å². The molecule has 1 aromatic carbocycles. The Labute approximate surface area is 93.1 Å². The Bertz CT molecular complexity index is 399. The van der Waals surface area contributed by atoms with Gasteiger partial charge in [-0.05, 0) is 30.5 Å². The minimum absolute atomic E-state index is 0.00766. The molecule has 4 heteroatoms. The van der Waals surface area contributed by atoms with Crippen molar-refractivity contribution in [1.29, 1.82) is 0 Å². The summed E-state index contributed by atoms with van der Waals surface area (Å²) in [6.45, 7) is 0. The lowest BCUT2D eigenvalue weighted by molar-refractivity contribution is -0.122. The highest BCUT2D eigenvalue weighted by Gasteiger charge is 2.29. The number of nitrogens with zero attached hydrogens (tertiary/aromatic N) is 1. The van der Waals surface area contributed by atoms with E-state index in [1.54, 1.807) is 18.3 Å². The first kappa shape index (κ1) is 10.2. The molecular formula is C11H11ClN2O. The summed E-state index contributed by atoms with van der Waals surface area (Å²) in [5.74, 6) is 0.190. The Morgan fingerprint density at radius 2 is 2.33 bits per heavy atom. The van der Waals surface area contributed by atoms with Gasteiger partial charge in [-0.15, -0.1) is 0 Å². The van der Waals surface area contributed by atoms with Crippen LogP contribution in [-0.2, 0) is 4.79 Å². The zero-order valence-electron chi connectivity index (χ0n) is 8.11. The second-order valence-corrected chi connectivity index (χ2v) is 4.00. The number of hydrazone groups is 1. The van der Waals surface area contributed by atoms with Gasteiger partial charge in [0, 0.05) is 10.9 Å². The molecule has 0 aliphatic heterocycles. The fraction of sp³-hybridized carbons (Fsp3) is 0.273. The van der Waals surface area contributed by atoms with Crippen LogP contribution in [0.5, 0.6) is 0 Å². The number of carbonyl (C=O) groups is 1. The van der Waals surface area contributed by atoms with Crippen LogP contribution in [0.25, 0.3) is 0 Å². The van der Waals surface area contributed by atoms with Gasteiger partial charge in [0.2, 0.25) is 5.91 Å². The van der Waals surface area contributed by atoms with Crippen molar-refractivity contribution in [3.8, 4) is 0 Å². The van der Waals surface area contributed by atoms with Crippen molar-refractivity contribution in [2.45, 2.75) is 12.8 Å². The van der Waals surface area contributed by atoms with Crippen molar-refractivity contribution >= 4 is 23.7 Å². The third-order valence-corrected chi connectivity index (χ3v) is 2.42. The average molecular weight is 223 g/mol. The Morgan fingerprint density at radius 3 is 3.00 bits per heavy atom. The molecule has 0 aromatic heterocycles. The summed E-state index contributed by atoms with van der Waals surface area (Å²) in [6.07, 6.45) is 3.56. The third kappa shape index (κ3) is 3.06. The number of halogens is 1. The normalized spacial score (nSPS) is 15.5. The largest absolute Gasteiger partial charge is 0.273 e. The van der Waals surface area contributed by atoms with Crippen molar-refractivity contribution in [3.05, 3.63) is 34.9 Å². The van der Waals surface area contributed by atoms with Crippen molar-refractivity contribution < 1.29 is 4.79 Å². The van der Waals surface area contributed by atoms with E-state index in [-0.39, 0.29) is 11.8 Å². The maximum Gasteiger partial charge on any atom is 0.243 e. The first-order valence-electron chi connectivity index (χ1n) is 4.84. The van der Waals surface area contributed by atoms with Gasteiger partial charge in [-0.2, -0.15) is 5.10 Å². The van der Waals surface area contributed by atoms with Crippen LogP contribution in [-0.4, -0.2) is 12.1 Å². The molecule has 0 saturated heterocycles. The van der Waals surface area contributed by atoms with E-state index in [2.05, 4.69) is 10.5 Å². The topological polar surface area (TPSA) is 41.5 Å². The number of rotatable bonds is 3. The summed E-state index contributed by atoms with van der Waals surface area (Å²) in [5.41, 5.74) is 3.37. The zero-order valence-corrected chi connectivity index (χ0v) is 8.87. The van der Waals surface area contributed by atoms with E-state index >= 15 is 0 Å². The molecule has 0 heterocycles. The smallest absolute Gasteiger partial charge is 0.243 e. The first-order chi connectivity index (χ1) is 7.25. The second-order valence-electron chi connectivity index (χ2n) is 3.56. The highest BCUT2D eigenvalue weighted by atomic mass is 35.5. The highest BCUT2D eigenvalue weighted by molar-refractivity contribution is 6.30. The predicted molar refractivity (Wildman–Crippen MR) is 59.9 cm³/mol. The Morgan fingerprint density at radius 1 is 1.53 bits per heavy atom. The predicted octanol–water partition coefficient (Wildman–Crippen LogP) is 2.20. The maximum atomic E-state index is 11.2. The quantitative estimate of drug-likeness (QED) is 0.618.